The summed E-state index contributed by atoms with van der Waals surface area (Å²) in [6.07, 6.45) is 0.410. The third-order valence-electron chi connectivity index (χ3n) is 4.18. The van der Waals surface area contributed by atoms with Gasteiger partial charge in [0.1, 0.15) is 0 Å². The van der Waals surface area contributed by atoms with Gasteiger partial charge in [0.25, 0.3) is 0 Å². The Hall–Kier alpha value is -2.74. The van der Waals surface area contributed by atoms with E-state index in [1.165, 1.54) is 11.3 Å². The van der Waals surface area contributed by atoms with Crippen LogP contribution in [0.3, 0.4) is 0 Å². The van der Waals surface area contributed by atoms with Crippen LogP contribution in [0.15, 0.2) is 35.7 Å². The van der Waals surface area contributed by atoms with Crippen LogP contribution in [0.2, 0.25) is 0 Å². The van der Waals surface area contributed by atoms with Crippen molar-refractivity contribution in [1.82, 2.24) is 5.32 Å². The molecule has 0 unspecified atom stereocenters. The number of carbonyl (C=O) groups is 2. The van der Waals surface area contributed by atoms with Crippen LogP contribution in [0.25, 0.3) is 0 Å². The highest BCUT2D eigenvalue weighted by molar-refractivity contribution is 7.14. The highest BCUT2D eigenvalue weighted by atomic mass is 32.1. The lowest BCUT2D eigenvalue weighted by atomic mass is 10.1. The van der Waals surface area contributed by atoms with Gasteiger partial charge < -0.3 is 19.7 Å². The fourth-order valence-electron chi connectivity index (χ4n) is 2.96. The van der Waals surface area contributed by atoms with E-state index < -0.39 is 0 Å². The molecule has 2 aromatic rings. The van der Waals surface area contributed by atoms with Crippen molar-refractivity contribution in [2.45, 2.75) is 6.42 Å². The zero-order chi connectivity index (χ0) is 17.2. The number of nitrogens with zero attached hydrogens (tertiary/aromatic N) is 1. The number of thiophene rings is 1. The first-order valence-electron chi connectivity index (χ1n) is 7.97. The van der Waals surface area contributed by atoms with Crippen LogP contribution in [0.1, 0.15) is 6.42 Å². The topological polar surface area (TPSA) is 79.9 Å². The van der Waals surface area contributed by atoms with Gasteiger partial charge >= 0.3 is 6.03 Å². The first kappa shape index (κ1) is 15.8. The van der Waals surface area contributed by atoms with Gasteiger partial charge in [-0.1, -0.05) is 0 Å². The molecule has 1 saturated heterocycles. The van der Waals surface area contributed by atoms with Crippen LogP contribution in [0.5, 0.6) is 11.5 Å². The minimum Gasteiger partial charge on any atom is -0.454 e. The SMILES string of the molecule is O=C(NC[C@@H]1CC(=O)N(c2ccc3c(c2)OCO3)C1)Nc1cccs1. The van der Waals surface area contributed by atoms with Crippen LogP contribution in [-0.2, 0) is 4.79 Å². The lowest BCUT2D eigenvalue weighted by Gasteiger charge is -2.17. The Kier molecular flexibility index (Phi) is 4.19. The standard InChI is InChI=1S/C17H17N3O4S/c21-16-6-11(8-18-17(22)19-15-2-1-5-25-15)9-20(16)12-3-4-13-14(7-12)24-10-23-13/h1-5,7,11H,6,8-10H2,(H2,18,19,22)/t11-/m0/s1. The minimum absolute atomic E-state index is 0.0457. The van der Waals surface area contributed by atoms with E-state index in [0.29, 0.717) is 31.0 Å². The Balaban J connectivity index is 1.33. The van der Waals surface area contributed by atoms with Crippen molar-refractivity contribution in [3.8, 4) is 11.5 Å². The van der Waals surface area contributed by atoms with Crippen LogP contribution < -0.4 is 25.0 Å². The average Bonchev–Trinajstić information content (AvgIpc) is 3.33. The van der Waals surface area contributed by atoms with Gasteiger partial charge in [-0.15, -0.1) is 11.3 Å². The monoisotopic (exact) mass is 359 g/mol. The Bertz CT molecular complexity index is 793. The molecule has 3 heterocycles. The molecule has 8 heteroatoms. The summed E-state index contributed by atoms with van der Waals surface area (Å²) in [5, 5.41) is 8.29. The predicted molar refractivity (Wildman–Crippen MR) is 94.4 cm³/mol. The summed E-state index contributed by atoms with van der Waals surface area (Å²) in [5.74, 6) is 1.47. The Morgan fingerprint density at radius 1 is 1.28 bits per heavy atom. The van der Waals surface area contributed by atoms with Crippen LogP contribution in [0, 0.1) is 5.92 Å². The first-order chi connectivity index (χ1) is 12.2. The fraction of sp³-hybridized carbons (Fsp3) is 0.294. The van der Waals surface area contributed by atoms with Gasteiger partial charge in [-0.3, -0.25) is 10.1 Å². The van der Waals surface area contributed by atoms with E-state index in [-0.39, 0.29) is 24.6 Å². The normalized spacial score (nSPS) is 18.5. The molecule has 1 aromatic carbocycles. The molecule has 25 heavy (non-hydrogen) atoms. The summed E-state index contributed by atoms with van der Waals surface area (Å²) in [5.41, 5.74) is 0.791. The van der Waals surface area contributed by atoms with Crippen LogP contribution in [-0.4, -0.2) is 31.8 Å². The molecule has 2 aliphatic rings. The summed E-state index contributed by atoms with van der Waals surface area (Å²) in [6, 6.07) is 8.94. The molecule has 0 radical (unpaired) electrons. The summed E-state index contributed by atoms with van der Waals surface area (Å²) in [4.78, 5) is 25.9. The number of ether oxygens (including phenoxy) is 2. The second-order valence-corrected chi connectivity index (χ2v) is 6.87. The van der Waals surface area contributed by atoms with Crippen molar-refractivity contribution in [3.63, 3.8) is 0 Å². The summed E-state index contributed by atoms with van der Waals surface area (Å²) < 4.78 is 10.7. The maximum absolute atomic E-state index is 12.3. The largest absolute Gasteiger partial charge is 0.454 e. The minimum atomic E-state index is -0.253. The molecular weight excluding hydrogens is 342 g/mol. The number of rotatable bonds is 4. The number of carbonyl (C=O) groups excluding carboxylic acids is 2. The maximum atomic E-state index is 12.3. The Labute approximate surface area is 148 Å². The predicted octanol–water partition coefficient (Wildman–Crippen LogP) is 2.65. The van der Waals surface area contributed by atoms with E-state index in [0.717, 1.165) is 10.7 Å². The number of amides is 3. The van der Waals surface area contributed by atoms with E-state index in [9.17, 15) is 9.59 Å². The third kappa shape index (κ3) is 3.39. The van der Waals surface area contributed by atoms with Crippen molar-refractivity contribution in [2.24, 2.45) is 5.92 Å². The van der Waals surface area contributed by atoms with Gasteiger partial charge in [0, 0.05) is 37.2 Å². The molecule has 3 amide bonds. The van der Waals surface area contributed by atoms with Crippen molar-refractivity contribution < 1.29 is 19.1 Å². The molecule has 0 bridgehead atoms. The zero-order valence-corrected chi connectivity index (χ0v) is 14.2. The molecule has 1 atom stereocenters. The summed E-state index contributed by atoms with van der Waals surface area (Å²) >= 11 is 1.46. The number of anilines is 2. The van der Waals surface area contributed by atoms with Gasteiger partial charge in [0.15, 0.2) is 11.5 Å². The van der Waals surface area contributed by atoms with E-state index in [2.05, 4.69) is 10.6 Å². The van der Waals surface area contributed by atoms with Gasteiger partial charge in [0.05, 0.1) is 5.00 Å². The number of benzene rings is 1. The molecule has 2 aliphatic heterocycles. The molecule has 0 aliphatic carbocycles. The fourth-order valence-corrected chi connectivity index (χ4v) is 3.58. The molecule has 7 nitrogen and oxygen atoms in total. The lowest BCUT2D eigenvalue weighted by molar-refractivity contribution is -0.117. The number of hydrogen-bond acceptors (Lipinski definition) is 5. The van der Waals surface area contributed by atoms with Crippen LogP contribution >= 0.6 is 11.3 Å². The first-order valence-corrected chi connectivity index (χ1v) is 8.85. The van der Waals surface area contributed by atoms with Gasteiger partial charge in [-0.2, -0.15) is 0 Å². The average molecular weight is 359 g/mol. The van der Waals surface area contributed by atoms with E-state index in [1.54, 1.807) is 4.90 Å². The number of nitrogens with one attached hydrogen (secondary N) is 2. The Morgan fingerprint density at radius 3 is 3.00 bits per heavy atom. The number of hydrogen-bond donors (Lipinski definition) is 2. The molecule has 1 aromatic heterocycles. The summed E-state index contributed by atoms with van der Waals surface area (Å²) in [6.45, 7) is 1.22. The third-order valence-corrected chi connectivity index (χ3v) is 4.97. The quantitative estimate of drug-likeness (QED) is 0.880. The zero-order valence-electron chi connectivity index (χ0n) is 13.4. The second kappa shape index (κ2) is 6.64. The van der Waals surface area contributed by atoms with Gasteiger partial charge in [0.2, 0.25) is 12.7 Å². The number of urea groups is 1. The smallest absolute Gasteiger partial charge is 0.319 e. The van der Waals surface area contributed by atoms with E-state index in [1.807, 2.05) is 35.7 Å². The van der Waals surface area contributed by atoms with E-state index >= 15 is 0 Å². The van der Waals surface area contributed by atoms with Crippen molar-refractivity contribution in [2.75, 3.05) is 30.1 Å². The van der Waals surface area contributed by atoms with Gasteiger partial charge in [-0.05, 0) is 29.6 Å². The molecular formula is C17H17N3O4S. The van der Waals surface area contributed by atoms with Crippen molar-refractivity contribution in [1.29, 1.82) is 0 Å². The molecule has 1 fully saturated rings. The van der Waals surface area contributed by atoms with Crippen molar-refractivity contribution >= 4 is 34.0 Å². The highest BCUT2D eigenvalue weighted by Gasteiger charge is 2.31. The molecule has 2 N–H and O–H groups in total. The van der Waals surface area contributed by atoms with Crippen molar-refractivity contribution in [3.05, 3.63) is 35.7 Å². The van der Waals surface area contributed by atoms with E-state index in [4.69, 9.17) is 9.47 Å². The maximum Gasteiger partial charge on any atom is 0.319 e. The lowest BCUT2D eigenvalue weighted by Crippen LogP contribution is -2.34. The molecule has 4 rings (SSSR count). The highest BCUT2D eigenvalue weighted by Crippen LogP contribution is 2.37. The number of fused-ring (bicyclic) bond motifs is 1. The second-order valence-electron chi connectivity index (χ2n) is 5.92. The van der Waals surface area contributed by atoms with Gasteiger partial charge in [-0.25, -0.2) is 4.79 Å². The molecule has 130 valence electrons. The molecule has 0 spiro atoms. The van der Waals surface area contributed by atoms with Crippen LogP contribution in [0.4, 0.5) is 15.5 Å². The summed E-state index contributed by atoms with van der Waals surface area (Å²) in [7, 11) is 0. The molecule has 0 saturated carbocycles. The Morgan fingerprint density at radius 2 is 2.16 bits per heavy atom.